The fourth-order valence-electron chi connectivity index (χ4n) is 0.795. The van der Waals surface area contributed by atoms with Gasteiger partial charge in [0.25, 0.3) is 0 Å². The summed E-state index contributed by atoms with van der Waals surface area (Å²) in [5.41, 5.74) is 0.611. The van der Waals surface area contributed by atoms with Crippen molar-refractivity contribution in [2.45, 2.75) is 19.0 Å². The first kappa shape index (κ1) is 10.7. The largest absolute Gasteiger partial charge is 0.323 e. The highest BCUT2D eigenvalue weighted by molar-refractivity contribution is 8.05. The molecule has 1 aromatic heterocycles. The summed E-state index contributed by atoms with van der Waals surface area (Å²) in [6, 6.07) is 0. The minimum Gasteiger partial charge on any atom is -0.323 e. The smallest absolute Gasteiger partial charge is 0.231 e. The van der Waals surface area contributed by atoms with E-state index < -0.39 is 7.14 Å². The summed E-state index contributed by atoms with van der Waals surface area (Å²) in [4.78, 5) is 0. The molecule has 74 valence electrons. The maximum absolute atomic E-state index is 11.9. The van der Waals surface area contributed by atoms with E-state index in [9.17, 15) is 4.57 Å². The van der Waals surface area contributed by atoms with E-state index in [-0.39, 0.29) is 0 Å². The molecule has 1 heterocycles. The summed E-state index contributed by atoms with van der Waals surface area (Å²) in [6.45, 7) is 3.92. The Balaban J connectivity index is 2.46. The molecule has 0 atom stereocenters. The van der Waals surface area contributed by atoms with Crippen LogP contribution in [0.15, 0.2) is 5.16 Å². The minimum absolute atomic E-state index is 0.571. The van der Waals surface area contributed by atoms with Crippen molar-refractivity contribution >= 4 is 18.9 Å². The average molecular weight is 220 g/mol. The van der Waals surface area contributed by atoms with Crippen molar-refractivity contribution in [1.29, 1.82) is 0 Å². The van der Waals surface area contributed by atoms with E-state index in [4.69, 9.17) is 0 Å². The van der Waals surface area contributed by atoms with Gasteiger partial charge in [-0.1, -0.05) is 25.6 Å². The fraction of sp³-hybridized carbons (Fsp3) is 0.833. The number of H-pyrrole nitrogens is 1. The van der Waals surface area contributed by atoms with Crippen molar-refractivity contribution in [3.63, 3.8) is 0 Å². The van der Waals surface area contributed by atoms with Gasteiger partial charge in [0.2, 0.25) is 5.16 Å². The summed E-state index contributed by atoms with van der Waals surface area (Å²) in [5, 5.41) is 13.9. The summed E-state index contributed by atoms with van der Waals surface area (Å²) in [6.07, 6.45) is 1.49. The SMILES string of the molecule is CCP(=O)(CC)CSc1nn[nH]n1. The molecule has 13 heavy (non-hydrogen) atoms. The number of nitrogens with zero attached hydrogens (tertiary/aromatic N) is 3. The van der Waals surface area contributed by atoms with Crippen LogP contribution in [0, 0.1) is 0 Å². The Morgan fingerprint density at radius 2 is 2.15 bits per heavy atom. The van der Waals surface area contributed by atoms with Gasteiger partial charge in [-0.15, -0.1) is 10.2 Å². The van der Waals surface area contributed by atoms with Crippen LogP contribution in [0.4, 0.5) is 0 Å². The number of nitrogens with one attached hydrogen (secondary N) is 1. The maximum Gasteiger partial charge on any atom is 0.231 e. The second-order valence-electron chi connectivity index (χ2n) is 2.66. The Morgan fingerprint density at radius 1 is 1.46 bits per heavy atom. The molecule has 5 nitrogen and oxygen atoms in total. The molecule has 0 aliphatic rings. The fourth-order valence-corrected chi connectivity index (χ4v) is 4.31. The zero-order valence-corrected chi connectivity index (χ0v) is 9.44. The van der Waals surface area contributed by atoms with Crippen LogP contribution in [0.2, 0.25) is 0 Å². The van der Waals surface area contributed by atoms with Crippen LogP contribution in [0.5, 0.6) is 0 Å². The molecule has 0 aliphatic heterocycles. The van der Waals surface area contributed by atoms with Crippen molar-refractivity contribution in [3.8, 4) is 0 Å². The summed E-state index contributed by atoms with van der Waals surface area (Å²) < 4.78 is 11.9. The van der Waals surface area contributed by atoms with Crippen LogP contribution in [-0.2, 0) is 4.57 Å². The van der Waals surface area contributed by atoms with E-state index in [2.05, 4.69) is 20.6 Å². The van der Waals surface area contributed by atoms with Gasteiger partial charge in [0.1, 0.15) is 0 Å². The van der Waals surface area contributed by atoms with E-state index in [1.807, 2.05) is 13.8 Å². The zero-order valence-electron chi connectivity index (χ0n) is 7.73. The predicted octanol–water partition coefficient (Wildman–Crippen LogP) is 1.65. The molecule has 0 aliphatic carbocycles. The molecule has 1 aromatic rings. The van der Waals surface area contributed by atoms with Gasteiger partial charge < -0.3 is 4.57 Å². The minimum atomic E-state index is -1.98. The predicted molar refractivity (Wildman–Crippen MR) is 53.6 cm³/mol. The van der Waals surface area contributed by atoms with E-state index in [1.165, 1.54) is 11.8 Å². The molecule has 0 radical (unpaired) electrons. The number of rotatable bonds is 5. The molecular weight excluding hydrogens is 207 g/mol. The lowest BCUT2D eigenvalue weighted by molar-refractivity contribution is 0.579. The molecule has 1 rings (SSSR count). The molecule has 0 saturated carbocycles. The maximum atomic E-state index is 11.9. The molecule has 0 fully saturated rings. The third kappa shape index (κ3) is 3.12. The Labute approximate surface area is 81.4 Å². The van der Waals surface area contributed by atoms with Crippen LogP contribution in [0.1, 0.15) is 13.8 Å². The van der Waals surface area contributed by atoms with Crippen molar-refractivity contribution in [2.75, 3.05) is 17.8 Å². The number of hydrogen-bond acceptors (Lipinski definition) is 5. The first-order valence-corrected chi connectivity index (χ1v) is 7.38. The van der Waals surface area contributed by atoms with Crippen molar-refractivity contribution in [3.05, 3.63) is 0 Å². The Bertz CT molecular complexity index is 281. The van der Waals surface area contributed by atoms with Crippen LogP contribution < -0.4 is 0 Å². The van der Waals surface area contributed by atoms with Gasteiger partial charge in [-0.05, 0) is 17.5 Å². The van der Waals surface area contributed by atoms with Gasteiger partial charge >= 0.3 is 0 Å². The van der Waals surface area contributed by atoms with E-state index >= 15 is 0 Å². The third-order valence-corrected chi connectivity index (χ3v) is 7.04. The topological polar surface area (TPSA) is 71.5 Å². The highest BCUT2D eigenvalue weighted by Crippen LogP contribution is 2.48. The summed E-state index contributed by atoms with van der Waals surface area (Å²) >= 11 is 1.40. The molecule has 0 unspecified atom stereocenters. The molecule has 0 spiro atoms. The van der Waals surface area contributed by atoms with Gasteiger partial charge in [0.05, 0.1) is 12.6 Å². The van der Waals surface area contributed by atoms with Gasteiger partial charge in [-0.25, -0.2) is 0 Å². The second kappa shape index (κ2) is 4.77. The van der Waals surface area contributed by atoms with E-state index in [0.717, 1.165) is 12.3 Å². The monoisotopic (exact) mass is 220 g/mol. The zero-order chi connectivity index (χ0) is 9.73. The molecule has 0 bridgehead atoms. The molecule has 0 amide bonds. The second-order valence-corrected chi connectivity index (χ2v) is 7.73. The number of hydrogen-bond donors (Lipinski definition) is 1. The number of thioether (sulfide) groups is 1. The van der Waals surface area contributed by atoms with Gasteiger partial charge in [-0.3, -0.25) is 0 Å². The highest BCUT2D eigenvalue weighted by Gasteiger charge is 2.18. The highest BCUT2D eigenvalue weighted by atomic mass is 32.2. The Hall–Kier alpha value is -0.350. The van der Waals surface area contributed by atoms with Gasteiger partial charge in [-0.2, -0.15) is 5.21 Å². The molecule has 0 aromatic carbocycles. The lowest BCUT2D eigenvalue weighted by atomic mass is 11.0. The van der Waals surface area contributed by atoms with Gasteiger partial charge in [0, 0.05) is 0 Å². The van der Waals surface area contributed by atoms with E-state index in [1.54, 1.807) is 0 Å². The average Bonchev–Trinajstić information content (AvgIpc) is 2.67. The van der Waals surface area contributed by atoms with Gasteiger partial charge in [0.15, 0.2) is 0 Å². The molecule has 1 N–H and O–H groups in total. The third-order valence-electron chi connectivity index (χ3n) is 1.91. The Kier molecular flexibility index (Phi) is 3.93. The van der Waals surface area contributed by atoms with Crippen molar-refractivity contribution < 1.29 is 4.57 Å². The van der Waals surface area contributed by atoms with E-state index in [0.29, 0.717) is 10.7 Å². The van der Waals surface area contributed by atoms with Crippen LogP contribution in [0.25, 0.3) is 0 Å². The standard InChI is InChI=1S/C6H13N4OPS/c1-3-12(11,4-2)5-13-6-7-9-10-8-6/h3-5H2,1-2H3,(H,7,8,9,10). The number of aromatic amines is 1. The molecule has 0 saturated heterocycles. The van der Waals surface area contributed by atoms with Crippen LogP contribution in [-0.4, -0.2) is 38.4 Å². The first-order valence-electron chi connectivity index (χ1n) is 4.13. The quantitative estimate of drug-likeness (QED) is 0.603. The Morgan fingerprint density at radius 3 is 2.62 bits per heavy atom. The molecule has 7 heteroatoms. The first-order chi connectivity index (χ1) is 6.20. The van der Waals surface area contributed by atoms with Crippen molar-refractivity contribution in [1.82, 2.24) is 20.6 Å². The molecular formula is C6H13N4OPS. The lowest BCUT2D eigenvalue weighted by Gasteiger charge is -2.11. The number of aromatic nitrogens is 4. The van der Waals surface area contributed by atoms with Crippen LogP contribution >= 0.6 is 18.9 Å². The summed E-state index contributed by atoms with van der Waals surface area (Å²) in [7, 11) is -1.98. The van der Waals surface area contributed by atoms with Crippen molar-refractivity contribution in [2.24, 2.45) is 0 Å². The number of tetrazole rings is 1. The normalized spacial score (nSPS) is 11.8. The lowest BCUT2D eigenvalue weighted by Crippen LogP contribution is -1.92. The van der Waals surface area contributed by atoms with Crippen LogP contribution in [0.3, 0.4) is 0 Å². The summed E-state index contributed by atoms with van der Waals surface area (Å²) in [5.74, 6) is 0.